The normalized spacial score (nSPS) is 11.7. The van der Waals surface area contributed by atoms with Gasteiger partial charge in [-0.25, -0.2) is 0 Å². The van der Waals surface area contributed by atoms with E-state index in [-0.39, 0.29) is 5.54 Å². The fraction of sp³-hybridized carbons (Fsp3) is 0.615. The highest BCUT2D eigenvalue weighted by Crippen LogP contribution is 2.13. The van der Waals surface area contributed by atoms with Gasteiger partial charge in [0.25, 0.3) is 0 Å². The summed E-state index contributed by atoms with van der Waals surface area (Å²) in [7, 11) is 0. The Morgan fingerprint density at radius 3 is 2.73 bits per heavy atom. The molecule has 15 heavy (non-hydrogen) atoms. The van der Waals surface area contributed by atoms with Crippen LogP contribution in [0.3, 0.4) is 0 Å². The SMILES string of the molecule is CCCC(C)(C)NCc1cnccc1C. The number of nitrogens with one attached hydrogen (secondary N) is 1. The van der Waals surface area contributed by atoms with Crippen molar-refractivity contribution in [3.8, 4) is 0 Å². The molecule has 0 aliphatic heterocycles. The average molecular weight is 206 g/mol. The molecule has 0 spiro atoms. The molecule has 1 aromatic rings. The first-order chi connectivity index (χ1) is 7.05. The van der Waals surface area contributed by atoms with Crippen LogP contribution in [0.2, 0.25) is 0 Å². The fourth-order valence-electron chi connectivity index (χ4n) is 1.73. The first-order valence-corrected chi connectivity index (χ1v) is 5.69. The maximum Gasteiger partial charge on any atom is 0.0315 e. The van der Waals surface area contributed by atoms with Crippen molar-refractivity contribution in [3.63, 3.8) is 0 Å². The van der Waals surface area contributed by atoms with Gasteiger partial charge in [-0.15, -0.1) is 0 Å². The monoisotopic (exact) mass is 206 g/mol. The van der Waals surface area contributed by atoms with E-state index in [1.54, 1.807) is 0 Å². The minimum absolute atomic E-state index is 0.219. The van der Waals surface area contributed by atoms with Gasteiger partial charge in [-0.2, -0.15) is 0 Å². The molecule has 0 aliphatic rings. The van der Waals surface area contributed by atoms with E-state index in [9.17, 15) is 0 Å². The predicted octanol–water partition coefficient (Wildman–Crippen LogP) is 3.06. The smallest absolute Gasteiger partial charge is 0.0315 e. The number of hydrogen-bond acceptors (Lipinski definition) is 2. The molecule has 0 atom stereocenters. The summed E-state index contributed by atoms with van der Waals surface area (Å²) >= 11 is 0. The molecule has 1 N–H and O–H groups in total. The molecule has 0 aliphatic carbocycles. The van der Waals surface area contributed by atoms with Gasteiger partial charge in [0.2, 0.25) is 0 Å². The summed E-state index contributed by atoms with van der Waals surface area (Å²) in [5, 5.41) is 3.58. The topological polar surface area (TPSA) is 24.9 Å². The zero-order valence-electron chi connectivity index (χ0n) is 10.3. The van der Waals surface area contributed by atoms with E-state index in [2.05, 4.69) is 44.1 Å². The summed E-state index contributed by atoms with van der Waals surface area (Å²) in [4.78, 5) is 4.15. The summed E-state index contributed by atoms with van der Waals surface area (Å²) in [5.41, 5.74) is 2.82. The zero-order chi connectivity index (χ0) is 11.3. The average Bonchev–Trinajstić information content (AvgIpc) is 2.16. The van der Waals surface area contributed by atoms with Crippen LogP contribution in [-0.4, -0.2) is 10.5 Å². The Bertz CT molecular complexity index is 305. The highest BCUT2D eigenvalue weighted by molar-refractivity contribution is 5.21. The van der Waals surface area contributed by atoms with Crippen molar-refractivity contribution < 1.29 is 0 Å². The molecule has 0 amide bonds. The van der Waals surface area contributed by atoms with Crippen LogP contribution in [0.4, 0.5) is 0 Å². The van der Waals surface area contributed by atoms with Gasteiger partial charge < -0.3 is 5.32 Å². The number of hydrogen-bond donors (Lipinski definition) is 1. The minimum Gasteiger partial charge on any atom is -0.308 e. The molecular formula is C13H22N2. The van der Waals surface area contributed by atoms with Crippen LogP contribution in [0, 0.1) is 6.92 Å². The van der Waals surface area contributed by atoms with E-state index >= 15 is 0 Å². The molecule has 0 radical (unpaired) electrons. The lowest BCUT2D eigenvalue weighted by Crippen LogP contribution is -2.38. The van der Waals surface area contributed by atoms with Crippen LogP contribution in [0.25, 0.3) is 0 Å². The Hall–Kier alpha value is -0.890. The van der Waals surface area contributed by atoms with Gasteiger partial charge in [0.05, 0.1) is 0 Å². The Balaban J connectivity index is 2.53. The second-order valence-corrected chi connectivity index (χ2v) is 4.79. The van der Waals surface area contributed by atoms with E-state index < -0.39 is 0 Å². The van der Waals surface area contributed by atoms with Crippen LogP contribution in [0.5, 0.6) is 0 Å². The Morgan fingerprint density at radius 2 is 2.13 bits per heavy atom. The van der Waals surface area contributed by atoms with Gasteiger partial charge in [-0.05, 0) is 44.4 Å². The van der Waals surface area contributed by atoms with Crippen LogP contribution >= 0.6 is 0 Å². The molecular weight excluding hydrogens is 184 g/mol. The second-order valence-electron chi connectivity index (χ2n) is 4.79. The van der Waals surface area contributed by atoms with Crippen LogP contribution in [-0.2, 0) is 6.54 Å². The lowest BCUT2D eigenvalue weighted by atomic mass is 9.98. The van der Waals surface area contributed by atoms with E-state index in [1.807, 2.05) is 12.4 Å². The van der Waals surface area contributed by atoms with Crippen molar-refractivity contribution in [2.24, 2.45) is 0 Å². The highest BCUT2D eigenvalue weighted by atomic mass is 14.9. The van der Waals surface area contributed by atoms with E-state index in [4.69, 9.17) is 0 Å². The summed E-state index contributed by atoms with van der Waals surface area (Å²) in [6.07, 6.45) is 6.21. The number of pyridine rings is 1. The maximum atomic E-state index is 4.15. The molecule has 0 fully saturated rings. The van der Waals surface area contributed by atoms with Gasteiger partial charge >= 0.3 is 0 Å². The maximum absolute atomic E-state index is 4.15. The third-order valence-corrected chi connectivity index (χ3v) is 2.78. The standard InChI is InChI=1S/C13H22N2/c1-5-7-13(3,4)15-10-12-9-14-8-6-11(12)2/h6,8-9,15H,5,7,10H2,1-4H3. The second kappa shape index (κ2) is 5.26. The fourth-order valence-corrected chi connectivity index (χ4v) is 1.73. The van der Waals surface area contributed by atoms with Gasteiger partial charge in [-0.3, -0.25) is 4.98 Å². The molecule has 0 saturated carbocycles. The van der Waals surface area contributed by atoms with Crippen molar-refractivity contribution >= 4 is 0 Å². The van der Waals surface area contributed by atoms with Crippen LogP contribution in [0.1, 0.15) is 44.7 Å². The van der Waals surface area contributed by atoms with E-state index in [0.717, 1.165) is 6.54 Å². The molecule has 0 unspecified atom stereocenters. The first-order valence-electron chi connectivity index (χ1n) is 5.69. The molecule has 0 aromatic carbocycles. The number of aromatic nitrogens is 1. The molecule has 0 saturated heterocycles. The van der Waals surface area contributed by atoms with Crippen molar-refractivity contribution in [3.05, 3.63) is 29.6 Å². The molecule has 1 rings (SSSR count). The number of rotatable bonds is 5. The zero-order valence-corrected chi connectivity index (χ0v) is 10.3. The lowest BCUT2D eigenvalue weighted by molar-refractivity contribution is 0.356. The van der Waals surface area contributed by atoms with Crippen molar-refractivity contribution in [1.29, 1.82) is 0 Å². The Kier molecular flexibility index (Phi) is 4.28. The Morgan fingerprint density at radius 1 is 1.40 bits per heavy atom. The summed E-state index contributed by atoms with van der Waals surface area (Å²) < 4.78 is 0. The van der Waals surface area contributed by atoms with Crippen LogP contribution < -0.4 is 5.32 Å². The largest absolute Gasteiger partial charge is 0.308 e. The molecule has 1 heterocycles. The number of nitrogens with zero attached hydrogens (tertiary/aromatic N) is 1. The summed E-state index contributed by atoms with van der Waals surface area (Å²) in [6.45, 7) is 9.77. The van der Waals surface area contributed by atoms with Crippen LogP contribution in [0.15, 0.2) is 18.5 Å². The van der Waals surface area contributed by atoms with Gasteiger partial charge in [0, 0.05) is 24.5 Å². The minimum atomic E-state index is 0.219. The lowest BCUT2D eigenvalue weighted by Gasteiger charge is -2.26. The Labute approximate surface area is 93.1 Å². The first kappa shape index (κ1) is 12.2. The quantitative estimate of drug-likeness (QED) is 0.801. The van der Waals surface area contributed by atoms with E-state index in [0.29, 0.717) is 0 Å². The summed E-state index contributed by atoms with van der Waals surface area (Å²) in [6, 6.07) is 2.06. The third-order valence-electron chi connectivity index (χ3n) is 2.78. The van der Waals surface area contributed by atoms with E-state index in [1.165, 1.54) is 24.0 Å². The van der Waals surface area contributed by atoms with Crippen molar-refractivity contribution in [2.45, 2.75) is 52.6 Å². The molecule has 0 bridgehead atoms. The highest BCUT2D eigenvalue weighted by Gasteiger charge is 2.15. The summed E-state index contributed by atoms with van der Waals surface area (Å²) in [5.74, 6) is 0. The third kappa shape index (κ3) is 4.00. The van der Waals surface area contributed by atoms with Gasteiger partial charge in [-0.1, -0.05) is 13.3 Å². The molecule has 1 aromatic heterocycles. The molecule has 2 heteroatoms. The van der Waals surface area contributed by atoms with Gasteiger partial charge in [0.15, 0.2) is 0 Å². The molecule has 84 valence electrons. The number of aryl methyl sites for hydroxylation is 1. The van der Waals surface area contributed by atoms with Crippen molar-refractivity contribution in [1.82, 2.24) is 10.3 Å². The molecule has 2 nitrogen and oxygen atoms in total. The van der Waals surface area contributed by atoms with Gasteiger partial charge in [0.1, 0.15) is 0 Å². The van der Waals surface area contributed by atoms with Crippen molar-refractivity contribution in [2.75, 3.05) is 0 Å². The predicted molar refractivity (Wildman–Crippen MR) is 64.8 cm³/mol.